The van der Waals surface area contributed by atoms with Crippen molar-refractivity contribution < 1.29 is 14.7 Å². The van der Waals surface area contributed by atoms with Gasteiger partial charge < -0.3 is 15.7 Å². The van der Waals surface area contributed by atoms with Crippen molar-refractivity contribution in [1.82, 2.24) is 4.90 Å². The molecule has 0 aromatic heterocycles. The number of carboxylic acids is 1. The number of carboxylic acid groups (broad SMARTS) is 1. The topological polar surface area (TPSA) is 83.6 Å². The Morgan fingerprint density at radius 1 is 1.59 bits per heavy atom. The second-order valence-corrected chi connectivity index (χ2v) is 5.83. The summed E-state index contributed by atoms with van der Waals surface area (Å²) in [7, 11) is 0. The van der Waals surface area contributed by atoms with Gasteiger partial charge in [0.2, 0.25) is 5.91 Å². The van der Waals surface area contributed by atoms with Gasteiger partial charge in [0, 0.05) is 19.0 Å². The van der Waals surface area contributed by atoms with Gasteiger partial charge in [-0.05, 0) is 17.9 Å². The fourth-order valence-corrected chi connectivity index (χ4v) is 2.32. The Morgan fingerprint density at radius 2 is 2.18 bits per heavy atom. The fraction of sp³-hybridized carbons (Fsp3) is 0.833. The lowest BCUT2D eigenvalue weighted by Gasteiger charge is -2.37. The Labute approximate surface area is 102 Å². The number of carbonyl (C=O) groups is 2. The third-order valence-corrected chi connectivity index (χ3v) is 3.32. The maximum Gasteiger partial charge on any atom is 0.305 e. The molecule has 5 nitrogen and oxygen atoms in total. The van der Waals surface area contributed by atoms with Crippen LogP contribution in [-0.2, 0) is 9.59 Å². The number of aliphatic carboxylic acids is 1. The van der Waals surface area contributed by atoms with E-state index in [-0.39, 0.29) is 29.7 Å². The summed E-state index contributed by atoms with van der Waals surface area (Å²) < 4.78 is 0. The summed E-state index contributed by atoms with van der Waals surface area (Å²) >= 11 is 0. The summed E-state index contributed by atoms with van der Waals surface area (Å²) in [4.78, 5) is 24.5. The molecule has 2 unspecified atom stereocenters. The van der Waals surface area contributed by atoms with E-state index in [0.29, 0.717) is 19.5 Å². The Morgan fingerprint density at radius 3 is 2.53 bits per heavy atom. The quantitative estimate of drug-likeness (QED) is 0.759. The number of likely N-dealkylation sites (tertiary alicyclic amines) is 1. The molecule has 0 saturated carbocycles. The molecule has 17 heavy (non-hydrogen) atoms. The van der Waals surface area contributed by atoms with Crippen LogP contribution in [0.5, 0.6) is 0 Å². The third kappa shape index (κ3) is 3.43. The Kier molecular flexibility index (Phi) is 4.14. The molecule has 1 fully saturated rings. The molecule has 0 spiro atoms. The highest BCUT2D eigenvalue weighted by Crippen LogP contribution is 2.31. The zero-order valence-corrected chi connectivity index (χ0v) is 10.8. The first-order chi connectivity index (χ1) is 7.75. The van der Waals surface area contributed by atoms with Crippen LogP contribution in [0.1, 0.15) is 33.6 Å². The maximum absolute atomic E-state index is 11.9. The molecule has 1 amide bonds. The molecule has 0 radical (unpaired) electrons. The predicted octanol–water partition coefficient (Wildman–Crippen LogP) is 0.683. The van der Waals surface area contributed by atoms with Crippen molar-refractivity contribution in [2.75, 3.05) is 13.1 Å². The van der Waals surface area contributed by atoms with Crippen LogP contribution in [0.4, 0.5) is 0 Å². The fourth-order valence-electron chi connectivity index (χ4n) is 2.32. The average molecular weight is 242 g/mol. The van der Waals surface area contributed by atoms with Crippen LogP contribution in [0.15, 0.2) is 0 Å². The highest BCUT2D eigenvalue weighted by Gasteiger charge is 2.39. The van der Waals surface area contributed by atoms with Gasteiger partial charge in [-0.15, -0.1) is 0 Å². The molecule has 1 aliphatic rings. The molecular weight excluding hydrogens is 220 g/mol. The van der Waals surface area contributed by atoms with Crippen molar-refractivity contribution in [3.63, 3.8) is 0 Å². The molecular formula is C12H22N2O3. The van der Waals surface area contributed by atoms with Crippen LogP contribution in [0.25, 0.3) is 0 Å². The first-order valence-corrected chi connectivity index (χ1v) is 5.97. The van der Waals surface area contributed by atoms with Crippen LogP contribution >= 0.6 is 0 Å². The van der Waals surface area contributed by atoms with E-state index < -0.39 is 5.97 Å². The van der Waals surface area contributed by atoms with Gasteiger partial charge in [-0.25, -0.2) is 0 Å². The van der Waals surface area contributed by atoms with Gasteiger partial charge in [0.25, 0.3) is 0 Å². The van der Waals surface area contributed by atoms with Gasteiger partial charge in [-0.2, -0.15) is 0 Å². The summed E-state index contributed by atoms with van der Waals surface area (Å²) in [5, 5.41) is 8.95. The lowest BCUT2D eigenvalue weighted by atomic mass is 9.83. The summed E-state index contributed by atoms with van der Waals surface area (Å²) in [6.07, 6.45) is 0.440. The first-order valence-electron chi connectivity index (χ1n) is 5.97. The first kappa shape index (κ1) is 14.0. The van der Waals surface area contributed by atoms with Gasteiger partial charge in [-0.3, -0.25) is 9.59 Å². The monoisotopic (exact) mass is 242 g/mol. The van der Waals surface area contributed by atoms with E-state index in [1.807, 2.05) is 20.8 Å². The van der Waals surface area contributed by atoms with E-state index in [2.05, 4.69) is 0 Å². The van der Waals surface area contributed by atoms with Crippen LogP contribution in [0.2, 0.25) is 0 Å². The number of nitrogens with zero attached hydrogens (tertiary/aromatic N) is 1. The van der Waals surface area contributed by atoms with Crippen LogP contribution in [0.3, 0.4) is 0 Å². The molecule has 0 aromatic rings. The molecule has 1 rings (SSSR count). The van der Waals surface area contributed by atoms with Crippen molar-refractivity contribution in [2.45, 2.75) is 39.7 Å². The average Bonchev–Trinajstić information content (AvgIpc) is 2.54. The lowest BCUT2D eigenvalue weighted by Crippen LogP contribution is -2.46. The van der Waals surface area contributed by atoms with Crippen molar-refractivity contribution in [1.29, 1.82) is 0 Å². The predicted molar refractivity (Wildman–Crippen MR) is 64.4 cm³/mol. The SMILES string of the molecule is CC(C)(C)C(CC(=O)O)N1CC(CN)CC1=O. The number of carbonyl (C=O) groups excluding carboxylic acids is 1. The molecule has 1 saturated heterocycles. The van der Waals surface area contributed by atoms with Crippen LogP contribution in [-0.4, -0.2) is 41.0 Å². The minimum Gasteiger partial charge on any atom is -0.481 e. The molecule has 3 N–H and O–H groups in total. The number of hydrogen-bond donors (Lipinski definition) is 2. The summed E-state index contributed by atoms with van der Waals surface area (Å²) in [6, 6.07) is -0.260. The summed E-state index contributed by atoms with van der Waals surface area (Å²) in [6.45, 7) is 6.95. The summed E-state index contributed by atoms with van der Waals surface area (Å²) in [5.41, 5.74) is 5.33. The van der Waals surface area contributed by atoms with Gasteiger partial charge in [0.1, 0.15) is 0 Å². The molecule has 1 heterocycles. The van der Waals surface area contributed by atoms with Gasteiger partial charge in [0.15, 0.2) is 0 Å². The number of nitrogens with two attached hydrogens (primary N) is 1. The Balaban J connectivity index is 2.84. The van der Waals surface area contributed by atoms with E-state index in [1.54, 1.807) is 4.90 Å². The number of rotatable bonds is 4. The van der Waals surface area contributed by atoms with Gasteiger partial charge in [-0.1, -0.05) is 20.8 Å². The molecule has 0 aliphatic carbocycles. The zero-order chi connectivity index (χ0) is 13.2. The van der Waals surface area contributed by atoms with E-state index in [1.165, 1.54) is 0 Å². The molecule has 1 aliphatic heterocycles. The minimum absolute atomic E-state index is 0.00741. The van der Waals surface area contributed by atoms with Crippen molar-refractivity contribution in [3.8, 4) is 0 Å². The second kappa shape index (κ2) is 5.04. The molecule has 2 atom stereocenters. The van der Waals surface area contributed by atoms with E-state index in [4.69, 9.17) is 10.8 Å². The van der Waals surface area contributed by atoms with E-state index in [9.17, 15) is 9.59 Å². The molecule has 98 valence electrons. The molecule has 0 bridgehead atoms. The van der Waals surface area contributed by atoms with Gasteiger partial charge in [0.05, 0.1) is 6.42 Å². The highest BCUT2D eigenvalue weighted by atomic mass is 16.4. The molecule has 0 aromatic carbocycles. The Hall–Kier alpha value is -1.10. The molecule has 5 heteroatoms. The number of hydrogen-bond acceptors (Lipinski definition) is 3. The second-order valence-electron chi connectivity index (χ2n) is 5.83. The third-order valence-electron chi connectivity index (χ3n) is 3.32. The highest BCUT2D eigenvalue weighted by molar-refractivity contribution is 5.80. The lowest BCUT2D eigenvalue weighted by molar-refractivity contribution is -0.141. The van der Waals surface area contributed by atoms with Crippen LogP contribution < -0.4 is 5.73 Å². The zero-order valence-electron chi connectivity index (χ0n) is 10.8. The van der Waals surface area contributed by atoms with E-state index >= 15 is 0 Å². The maximum atomic E-state index is 11.9. The standard InChI is InChI=1S/C12H22N2O3/c1-12(2,3)9(5-11(16)17)14-7-8(6-13)4-10(14)15/h8-9H,4-7,13H2,1-3H3,(H,16,17). The van der Waals surface area contributed by atoms with Crippen molar-refractivity contribution >= 4 is 11.9 Å². The Bertz CT molecular complexity index is 309. The minimum atomic E-state index is -0.867. The van der Waals surface area contributed by atoms with Crippen molar-refractivity contribution in [3.05, 3.63) is 0 Å². The largest absolute Gasteiger partial charge is 0.481 e. The van der Waals surface area contributed by atoms with E-state index in [0.717, 1.165) is 0 Å². The summed E-state index contributed by atoms with van der Waals surface area (Å²) in [5.74, 6) is -0.670. The van der Waals surface area contributed by atoms with Crippen molar-refractivity contribution in [2.24, 2.45) is 17.1 Å². The van der Waals surface area contributed by atoms with Crippen LogP contribution in [0, 0.1) is 11.3 Å². The normalized spacial score (nSPS) is 22.9. The van der Waals surface area contributed by atoms with Gasteiger partial charge >= 0.3 is 5.97 Å². The number of amides is 1. The smallest absolute Gasteiger partial charge is 0.305 e.